The number of amides is 1. The molecule has 0 spiro atoms. The van der Waals surface area contributed by atoms with Gasteiger partial charge in [0.2, 0.25) is 0 Å². The van der Waals surface area contributed by atoms with Crippen molar-refractivity contribution in [3.05, 3.63) is 54.6 Å². The van der Waals surface area contributed by atoms with E-state index in [1.54, 1.807) is 24.3 Å². The van der Waals surface area contributed by atoms with Crippen molar-refractivity contribution in [2.24, 2.45) is 0 Å². The lowest BCUT2D eigenvalue weighted by molar-refractivity contribution is -0.149. The van der Waals surface area contributed by atoms with Gasteiger partial charge in [-0.3, -0.25) is 10.1 Å². The SMILES string of the molecule is O=C(COC(=O)COc1ccccc1)Nc1nc2ccccc2s1. The fourth-order valence-electron chi connectivity index (χ4n) is 1.93. The lowest BCUT2D eigenvalue weighted by Gasteiger charge is -2.06. The molecule has 7 heteroatoms. The summed E-state index contributed by atoms with van der Waals surface area (Å²) in [5.41, 5.74) is 0.811. The van der Waals surface area contributed by atoms with Crippen molar-refractivity contribution < 1.29 is 19.1 Å². The molecule has 122 valence electrons. The Bertz CT molecular complexity index is 815. The highest BCUT2D eigenvalue weighted by atomic mass is 32.1. The zero-order valence-corrected chi connectivity index (χ0v) is 13.4. The smallest absolute Gasteiger partial charge is 0.344 e. The van der Waals surface area contributed by atoms with Gasteiger partial charge in [0.05, 0.1) is 10.2 Å². The molecule has 0 aliphatic rings. The van der Waals surface area contributed by atoms with Crippen LogP contribution in [0.5, 0.6) is 5.75 Å². The molecule has 0 unspecified atom stereocenters. The van der Waals surface area contributed by atoms with Crippen molar-refractivity contribution in [3.63, 3.8) is 0 Å². The van der Waals surface area contributed by atoms with Crippen molar-refractivity contribution in [3.8, 4) is 5.75 Å². The standard InChI is InChI=1S/C17H14N2O4S/c20-15(19-17-18-13-8-4-5-9-14(13)24-17)10-23-16(21)11-22-12-6-2-1-3-7-12/h1-9H,10-11H2,(H,18,19,20). The van der Waals surface area contributed by atoms with Gasteiger partial charge in [-0.15, -0.1) is 0 Å². The summed E-state index contributed by atoms with van der Waals surface area (Å²) in [4.78, 5) is 27.7. The zero-order chi connectivity index (χ0) is 16.8. The average molecular weight is 342 g/mol. The number of carbonyl (C=O) groups excluding carboxylic acids is 2. The van der Waals surface area contributed by atoms with Crippen LogP contribution < -0.4 is 10.1 Å². The molecule has 0 saturated carbocycles. The lowest BCUT2D eigenvalue weighted by atomic mass is 10.3. The van der Waals surface area contributed by atoms with Crippen LogP contribution in [0.3, 0.4) is 0 Å². The van der Waals surface area contributed by atoms with Crippen molar-refractivity contribution in [2.75, 3.05) is 18.5 Å². The maximum atomic E-state index is 11.8. The topological polar surface area (TPSA) is 77.5 Å². The number of nitrogens with one attached hydrogen (secondary N) is 1. The van der Waals surface area contributed by atoms with E-state index in [0.29, 0.717) is 10.9 Å². The number of rotatable bonds is 6. The zero-order valence-electron chi connectivity index (χ0n) is 12.6. The van der Waals surface area contributed by atoms with Crippen LogP contribution in [0.1, 0.15) is 0 Å². The Kier molecular flexibility index (Phi) is 5.02. The third-order valence-electron chi connectivity index (χ3n) is 3.00. The van der Waals surface area contributed by atoms with Crippen molar-refractivity contribution in [1.29, 1.82) is 0 Å². The van der Waals surface area contributed by atoms with Crippen LogP contribution in [-0.4, -0.2) is 30.1 Å². The van der Waals surface area contributed by atoms with E-state index in [-0.39, 0.29) is 13.2 Å². The van der Waals surface area contributed by atoms with Gasteiger partial charge in [-0.1, -0.05) is 41.7 Å². The van der Waals surface area contributed by atoms with Gasteiger partial charge in [0, 0.05) is 0 Å². The highest BCUT2D eigenvalue weighted by molar-refractivity contribution is 7.22. The maximum Gasteiger partial charge on any atom is 0.344 e. The molecule has 0 fully saturated rings. The molecule has 2 aromatic carbocycles. The minimum Gasteiger partial charge on any atom is -0.482 e. The first-order valence-electron chi connectivity index (χ1n) is 7.19. The first-order chi connectivity index (χ1) is 11.7. The summed E-state index contributed by atoms with van der Waals surface area (Å²) in [6, 6.07) is 16.5. The molecule has 0 radical (unpaired) electrons. The maximum absolute atomic E-state index is 11.8. The van der Waals surface area contributed by atoms with Crippen molar-refractivity contribution in [2.45, 2.75) is 0 Å². The number of fused-ring (bicyclic) bond motifs is 1. The number of carbonyl (C=O) groups is 2. The second kappa shape index (κ2) is 7.56. The Morgan fingerprint density at radius 1 is 1.00 bits per heavy atom. The highest BCUT2D eigenvalue weighted by Gasteiger charge is 2.11. The first kappa shape index (κ1) is 15.9. The van der Waals surface area contributed by atoms with Gasteiger partial charge < -0.3 is 9.47 Å². The molecule has 0 bridgehead atoms. The van der Waals surface area contributed by atoms with Crippen LogP contribution in [-0.2, 0) is 14.3 Å². The molecule has 0 atom stereocenters. The van der Waals surface area contributed by atoms with Crippen LogP contribution in [0.25, 0.3) is 10.2 Å². The van der Waals surface area contributed by atoms with Gasteiger partial charge in [0.15, 0.2) is 18.3 Å². The van der Waals surface area contributed by atoms with E-state index in [1.807, 2.05) is 30.3 Å². The highest BCUT2D eigenvalue weighted by Crippen LogP contribution is 2.25. The van der Waals surface area contributed by atoms with E-state index in [0.717, 1.165) is 10.2 Å². The first-order valence-corrected chi connectivity index (χ1v) is 8.01. The Morgan fingerprint density at radius 3 is 2.54 bits per heavy atom. The molecule has 1 aromatic heterocycles. The Labute approximate surface area is 142 Å². The third kappa shape index (κ3) is 4.30. The molecule has 0 aliphatic carbocycles. The predicted molar refractivity (Wildman–Crippen MR) is 91.1 cm³/mol. The molecule has 1 N–H and O–H groups in total. The van der Waals surface area contributed by atoms with E-state index in [4.69, 9.17) is 9.47 Å². The number of esters is 1. The molecule has 0 saturated heterocycles. The van der Waals surface area contributed by atoms with E-state index >= 15 is 0 Å². The fraction of sp³-hybridized carbons (Fsp3) is 0.118. The molecular weight excluding hydrogens is 328 g/mol. The molecule has 1 amide bonds. The quantitative estimate of drug-likeness (QED) is 0.697. The summed E-state index contributed by atoms with van der Waals surface area (Å²) in [7, 11) is 0. The van der Waals surface area contributed by atoms with Gasteiger partial charge >= 0.3 is 5.97 Å². The van der Waals surface area contributed by atoms with Gasteiger partial charge in [-0.2, -0.15) is 0 Å². The number of ether oxygens (including phenoxy) is 2. The summed E-state index contributed by atoms with van der Waals surface area (Å²) in [5, 5.41) is 3.08. The monoisotopic (exact) mass is 342 g/mol. The number of benzene rings is 2. The van der Waals surface area contributed by atoms with E-state index < -0.39 is 11.9 Å². The molecule has 1 heterocycles. The molecule has 0 aliphatic heterocycles. The van der Waals surface area contributed by atoms with Crippen LogP contribution >= 0.6 is 11.3 Å². The van der Waals surface area contributed by atoms with Crippen molar-refractivity contribution >= 4 is 38.6 Å². The van der Waals surface area contributed by atoms with Crippen LogP contribution in [0.15, 0.2) is 54.6 Å². The summed E-state index contributed by atoms with van der Waals surface area (Å²) in [6.45, 7) is -0.634. The Balaban J connectivity index is 1.44. The molecule has 24 heavy (non-hydrogen) atoms. The number of hydrogen-bond acceptors (Lipinski definition) is 6. The Hall–Kier alpha value is -2.93. The molecule has 6 nitrogen and oxygen atoms in total. The second-order valence-electron chi connectivity index (χ2n) is 4.80. The number of thiazole rings is 1. The number of aromatic nitrogens is 1. The van der Waals surface area contributed by atoms with Gasteiger partial charge in [-0.05, 0) is 24.3 Å². The van der Waals surface area contributed by atoms with Crippen LogP contribution in [0.4, 0.5) is 5.13 Å². The van der Waals surface area contributed by atoms with Gasteiger partial charge in [0.25, 0.3) is 5.91 Å². The number of nitrogens with zero attached hydrogens (tertiary/aromatic N) is 1. The van der Waals surface area contributed by atoms with E-state index in [1.165, 1.54) is 11.3 Å². The predicted octanol–water partition coefficient (Wildman–Crippen LogP) is 2.86. The second-order valence-corrected chi connectivity index (χ2v) is 5.83. The van der Waals surface area contributed by atoms with Crippen molar-refractivity contribution in [1.82, 2.24) is 4.98 Å². The normalized spacial score (nSPS) is 10.3. The van der Waals surface area contributed by atoms with E-state index in [9.17, 15) is 9.59 Å². The van der Waals surface area contributed by atoms with Gasteiger partial charge in [-0.25, -0.2) is 9.78 Å². The fourth-order valence-corrected chi connectivity index (χ4v) is 2.81. The summed E-state index contributed by atoms with van der Waals surface area (Å²) in [6.07, 6.45) is 0. The summed E-state index contributed by atoms with van der Waals surface area (Å²) >= 11 is 1.36. The molecule has 3 aromatic rings. The minimum absolute atomic E-state index is 0.252. The minimum atomic E-state index is -0.613. The number of hydrogen-bond donors (Lipinski definition) is 1. The lowest BCUT2D eigenvalue weighted by Crippen LogP contribution is -2.23. The number of anilines is 1. The van der Waals surface area contributed by atoms with E-state index in [2.05, 4.69) is 10.3 Å². The average Bonchev–Trinajstić information content (AvgIpc) is 3.01. The van der Waals surface area contributed by atoms with Crippen LogP contribution in [0, 0.1) is 0 Å². The molecular formula is C17H14N2O4S. The molecule has 3 rings (SSSR count). The van der Waals surface area contributed by atoms with Gasteiger partial charge in [0.1, 0.15) is 5.75 Å². The third-order valence-corrected chi connectivity index (χ3v) is 3.96. The van der Waals surface area contributed by atoms with Crippen LogP contribution in [0.2, 0.25) is 0 Å². The number of para-hydroxylation sites is 2. The largest absolute Gasteiger partial charge is 0.482 e. The summed E-state index contributed by atoms with van der Waals surface area (Å²) < 4.78 is 11.1. The summed E-state index contributed by atoms with van der Waals surface area (Å²) in [5.74, 6) is -0.492. The Morgan fingerprint density at radius 2 is 1.75 bits per heavy atom.